The molecule has 0 saturated heterocycles. The number of aliphatic hydroxyl groups is 1. The van der Waals surface area contributed by atoms with Crippen molar-refractivity contribution in [2.24, 2.45) is 0 Å². The van der Waals surface area contributed by atoms with E-state index in [0.29, 0.717) is 22.1 Å². The first-order chi connectivity index (χ1) is 10.8. The van der Waals surface area contributed by atoms with E-state index in [1.165, 1.54) is 17.8 Å². The Morgan fingerprint density at radius 1 is 1.39 bits per heavy atom. The van der Waals surface area contributed by atoms with E-state index >= 15 is 0 Å². The lowest BCUT2D eigenvalue weighted by molar-refractivity contribution is 0.0364. The molecule has 0 saturated carbocycles. The molecule has 0 spiro atoms. The predicted octanol–water partition coefficient (Wildman–Crippen LogP) is 3.48. The number of halogens is 1. The van der Waals surface area contributed by atoms with Crippen molar-refractivity contribution in [1.29, 1.82) is 0 Å². The maximum atomic E-state index is 13.7. The average Bonchev–Trinajstić information content (AvgIpc) is 2.93. The van der Waals surface area contributed by atoms with E-state index in [-0.39, 0.29) is 6.54 Å². The fourth-order valence-corrected chi connectivity index (χ4v) is 2.44. The van der Waals surface area contributed by atoms with Crippen LogP contribution in [0.3, 0.4) is 0 Å². The van der Waals surface area contributed by atoms with Gasteiger partial charge in [0.15, 0.2) is 0 Å². The Morgan fingerprint density at radius 2 is 2.13 bits per heavy atom. The van der Waals surface area contributed by atoms with Crippen LogP contribution >= 0.6 is 11.8 Å². The van der Waals surface area contributed by atoms with Crippen molar-refractivity contribution in [3.8, 4) is 0 Å². The lowest BCUT2D eigenvalue weighted by Crippen LogP contribution is -2.40. The van der Waals surface area contributed by atoms with Gasteiger partial charge in [-0.25, -0.2) is 9.18 Å². The Hall–Kier alpha value is -1.99. The lowest BCUT2D eigenvalue weighted by Gasteiger charge is -2.21. The second-order valence-corrected chi connectivity index (χ2v) is 6.19. The SMILES string of the molecule is CSc1ccc(NC(=O)NCC(C)(O)c2ccc(C)o2)cc1F. The van der Waals surface area contributed by atoms with Gasteiger partial charge in [0.05, 0.1) is 6.54 Å². The van der Waals surface area contributed by atoms with Crippen molar-refractivity contribution < 1.29 is 18.7 Å². The number of benzene rings is 1. The van der Waals surface area contributed by atoms with Crippen molar-refractivity contribution in [2.75, 3.05) is 18.1 Å². The van der Waals surface area contributed by atoms with Crippen molar-refractivity contribution in [3.63, 3.8) is 0 Å². The summed E-state index contributed by atoms with van der Waals surface area (Å²) in [5.74, 6) is 0.646. The van der Waals surface area contributed by atoms with Crippen LogP contribution in [0.25, 0.3) is 0 Å². The molecule has 124 valence electrons. The minimum atomic E-state index is -1.33. The number of carbonyl (C=O) groups is 1. The highest BCUT2D eigenvalue weighted by Gasteiger charge is 2.27. The summed E-state index contributed by atoms with van der Waals surface area (Å²) in [5, 5.41) is 15.4. The fraction of sp³-hybridized carbons (Fsp3) is 0.312. The number of thioether (sulfide) groups is 1. The smallest absolute Gasteiger partial charge is 0.319 e. The van der Waals surface area contributed by atoms with Crippen LogP contribution in [0.15, 0.2) is 39.6 Å². The number of urea groups is 1. The number of amides is 2. The molecule has 0 aliphatic heterocycles. The van der Waals surface area contributed by atoms with E-state index in [0.717, 1.165) is 0 Å². The van der Waals surface area contributed by atoms with Gasteiger partial charge in [0, 0.05) is 10.6 Å². The fourth-order valence-electron chi connectivity index (χ4n) is 1.98. The molecule has 0 aliphatic carbocycles. The predicted molar refractivity (Wildman–Crippen MR) is 88.2 cm³/mol. The van der Waals surface area contributed by atoms with E-state index in [1.54, 1.807) is 44.4 Å². The molecule has 2 rings (SSSR count). The molecule has 5 nitrogen and oxygen atoms in total. The molecule has 1 unspecified atom stereocenters. The monoisotopic (exact) mass is 338 g/mol. The third-order valence-corrected chi connectivity index (χ3v) is 4.04. The Morgan fingerprint density at radius 3 is 2.70 bits per heavy atom. The summed E-state index contributed by atoms with van der Waals surface area (Å²) in [5.41, 5.74) is -0.995. The number of carbonyl (C=O) groups excluding carboxylic acids is 1. The molecule has 0 radical (unpaired) electrons. The van der Waals surface area contributed by atoms with Gasteiger partial charge in [0.1, 0.15) is 22.9 Å². The van der Waals surface area contributed by atoms with Crippen LogP contribution in [-0.2, 0) is 5.60 Å². The van der Waals surface area contributed by atoms with Crippen molar-refractivity contribution in [2.45, 2.75) is 24.3 Å². The van der Waals surface area contributed by atoms with Crippen LogP contribution in [0.5, 0.6) is 0 Å². The molecule has 1 aromatic heterocycles. The van der Waals surface area contributed by atoms with E-state index < -0.39 is 17.4 Å². The summed E-state index contributed by atoms with van der Waals surface area (Å²) in [6.07, 6.45) is 1.77. The molecular weight excluding hydrogens is 319 g/mol. The largest absolute Gasteiger partial charge is 0.463 e. The van der Waals surface area contributed by atoms with Crippen LogP contribution in [0.1, 0.15) is 18.4 Å². The molecule has 3 N–H and O–H groups in total. The molecule has 0 fully saturated rings. The van der Waals surface area contributed by atoms with E-state index in [4.69, 9.17) is 4.42 Å². The molecule has 1 atom stereocenters. The molecule has 23 heavy (non-hydrogen) atoms. The number of hydrogen-bond acceptors (Lipinski definition) is 4. The second kappa shape index (κ2) is 7.06. The third-order valence-electron chi connectivity index (χ3n) is 3.27. The van der Waals surface area contributed by atoms with Crippen LogP contribution in [0, 0.1) is 12.7 Å². The van der Waals surface area contributed by atoms with Gasteiger partial charge in [-0.15, -0.1) is 11.8 Å². The summed E-state index contributed by atoms with van der Waals surface area (Å²) >= 11 is 1.29. The maximum Gasteiger partial charge on any atom is 0.319 e. The molecule has 1 heterocycles. The zero-order valence-corrected chi connectivity index (χ0v) is 14.0. The van der Waals surface area contributed by atoms with E-state index in [2.05, 4.69) is 10.6 Å². The molecule has 2 amide bonds. The van der Waals surface area contributed by atoms with Gasteiger partial charge in [-0.3, -0.25) is 0 Å². The summed E-state index contributed by atoms with van der Waals surface area (Å²) in [4.78, 5) is 12.4. The molecule has 0 bridgehead atoms. The van der Waals surface area contributed by atoms with Gasteiger partial charge in [-0.2, -0.15) is 0 Å². The van der Waals surface area contributed by atoms with E-state index in [1.807, 2.05) is 0 Å². The van der Waals surface area contributed by atoms with Crippen LogP contribution in [0.4, 0.5) is 14.9 Å². The first kappa shape index (κ1) is 17.4. The average molecular weight is 338 g/mol. The van der Waals surface area contributed by atoms with Gasteiger partial charge in [0.25, 0.3) is 0 Å². The first-order valence-electron chi connectivity index (χ1n) is 6.99. The number of hydrogen-bond donors (Lipinski definition) is 3. The minimum Gasteiger partial charge on any atom is -0.463 e. The van der Waals surface area contributed by atoms with Crippen LogP contribution < -0.4 is 10.6 Å². The molecule has 0 aliphatic rings. The third kappa shape index (κ3) is 4.49. The highest BCUT2D eigenvalue weighted by atomic mass is 32.2. The standard InChI is InChI=1S/C16H19FN2O3S/c1-10-4-7-14(22-10)16(2,21)9-18-15(20)19-11-5-6-13(23-3)12(17)8-11/h4-8,21H,9H2,1-3H3,(H2,18,19,20). The zero-order valence-electron chi connectivity index (χ0n) is 13.1. The Kier molecular flexibility index (Phi) is 5.33. The summed E-state index contributed by atoms with van der Waals surface area (Å²) < 4.78 is 19.0. The van der Waals surface area contributed by atoms with Gasteiger partial charge in [-0.1, -0.05) is 0 Å². The Labute approximate surface area is 138 Å². The Balaban J connectivity index is 1.93. The normalized spacial score (nSPS) is 13.4. The molecular formula is C16H19FN2O3S. The molecule has 1 aromatic carbocycles. The molecule has 2 aromatic rings. The summed E-state index contributed by atoms with van der Waals surface area (Å²) in [6.45, 7) is 3.27. The topological polar surface area (TPSA) is 74.5 Å². The number of nitrogens with one attached hydrogen (secondary N) is 2. The Bertz CT molecular complexity index is 700. The molecule has 7 heteroatoms. The van der Waals surface area contributed by atoms with Crippen LogP contribution in [-0.4, -0.2) is 23.9 Å². The highest BCUT2D eigenvalue weighted by Crippen LogP contribution is 2.23. The highest BCUT2D eigenvalue weighted by molar-refractivity contribution is 7.98. The second-order valence-electron chi connectivity index (χ2n) is 5.34. The minimum absolute atomic E-state index is 0.0445. The number of anilines is 1. The lowest BCUT2D eigenvalue weighted by atomic mass is 10.0. The maximum absolute atomic E-state index is 13.7. The first-order valence-corrected chi connectivity index (χ1v) is 8.22. The van der Waals surface area contributed by atoms with Gasteiger partial charge in [-0.05, 0) is 50.4 Å². The van der Waals surface area contributed by atoms with Crippen molar-refractivity contribution in [1.82, 2.24) is 5.32 Å². The zero-order chi connectivity index (χ0) is 17.0. The number of furan rings is 1. The summed E-state index contributed by atoms with van der Waals surface area (Å²) in [6, 6.07) is 7.31. The van der Waals surface area contributed by atoms with Crippen molar-refractivity contribution >= 4 is 23.5 Å². The quantitative estimate of drug-likeness (QED) is 0.730. The van der Waals surface area contributed by atoms with Crippen LogP contribution in [0.2, 0.25) is 0 Å². The summed E-state index contributed by atoms with van der Waals surface area (Å²) in [7, 11) is 0. The van der Waals surface area contributed by atoms with Gasteiger partial charge in [0.2, 0.25) is 0 Å². The van der Waals surface area contributed by atoms with Crippen molar-refractivity contribution in [3.05, 3.63) is 47.7 Å². The van der Waals surface area contributed by atoms with Gasteiger partial charge < -0.3 is 20.2 Å². The number of rotatable bonds is 5. The van der Waals surface area contributed by atoms with E-state index in [9.17, 15) is 14.3 Å². The number of aryl methyl sites for hydroxylation is 1. The van der Waals surface area contributed by atoms with Gasteiger partial charge >= 0.3 is 6.03 Å².